The van der Waals surface area contributed by atoms with Crippen molar-refractivity contribution in [1.29, 1.82) is 0 Å². The summed E-state index contributed by atoms with van der Waals surface area (Å²) < 4.78 is 2.24. The third-order valence-corrected chi connectivity index (χ3v) is 4.54. The Hall–Kier alpha value is -3.61. The predicted molar refractivity (Wildman–Crippen MR) is 109 cm³/mol. The number of aromatic nitrogens is 1. The molecule has 0 radical (unpaired) electrons. The molecule has 0 atom stereocenters. The lowest BCUT2D eigenvalue weighted by atomic mass is 10.1. The van der Waals surface area contributed by atoms with Crippen LogP contribution in [0, 0.1) is 0 Å². The zero-order valence-corrected chi connectivity index (χ0v) is 15.6. The molecule has 7 heteroatoms. The molecule has 0 fully saturated rings. The molecule has 3 aromatic rings. The minimum Gasteiger partial charge on any atom is -0.368 e. The van der Waals surface area contributed by atoms with Crippen molar-refractivity contribution in [2.24, 2.45) is 11.5 Å². The van der Waals surface area contributed by atoms with E-state index in [9.17, 15) is 14.4 Å². The molecule has 0 spiro atoms. The van der Waals surface area contributed by atoms with Gasteiger partial charge in [0.15, 0.2) is 0 Å². The van der Waals surface area contributed by atoms with Gasteiger partial charge in [-0.05, 0) is 36.8 Å². The van der Waals surface area contributed by atoms with Gasteiger partial charge < -0.3 is 20.9 Å². The smallest absolute Gasteiger partial charge is 0.247 e. The van der Waals surface area contributed by atoms with Gasteiger partial charge in [0.1, 0.15) is 13.1 Å². The van der Waals surface area contributed by atoms with Crippen molar-refractivity contribution in [3.8, 4) is 0 Å². The van der Waals surface area contributed by atoms with Crippen molar-refractivity contribution in [1.82, 2.24) is 9.47 Å². The van der Waals surface area contributed by atoms with Crippen LogP contribution >= 0.6 is 0 Å². The van der Waals surface area contributed by atoms with Gasteiger partial charge in [-0.3, -0.25) is 14.4 Å². The standard InChI is InChI=1S/C21H22N4O3/c1-2-25-17-6-4-3-5-15(17)16-11-14(7-9-18(16)25)8-10-21(28)24(12-19(22)26)13-20(23)27/h3-11H,2,12-13H2,1H3,(H2,22,26)(H2,23,27). The summed E-state index contributed by atoms with van der Waals surface area (Å²) in [5, 5.41) is 2.24. The Morgan fingerprint density at radius 3 is 2.25 bits per heavy atom. The third-order valence-electron chi connectivity index (χ3n) is 4.54. The molecule has 2 aromatic carbocycles. The van der Waals surface area contributed by atoms with Crippen molar-refractivity contribution in [3.05, 3.63) is 54.1 Å². The number of aryl methyl sites for hydroxylation is 1. The van der Waals surface area contributed by atoms with Crippen molar-refractivity contribution >= 4 is 45.6 Å². The average Bonchev–Trinajstić information content (AvgIpc) is 2.98. The van der Waals surface area contributed by atoms with E-state index >= 15 is 0 Å². The minimum atomic E-state index is -0.711. The predicted octanol–water partition coefficient (Wildman–Crippen LogP) is 1.63. The van der Waals surface area contributed by atoms with Crippen molar-refractivity contribution in [2.45, 2.75) is 13.5 Å². The first kappa shape index (κ1) is 19.2. The van der Waals surface area contributed by atoms with Gasteiger partial charge in [-0.1, -0.05) is 24.3 Å². The fourth-order valence-electron chi connectivity index (χ4n) is 3.38. The molecule has 0 unspecified atom stereocenters. The lowest BCUT2D eigenvalue weighted by Gasteiger charge is -2.17. The molecule has 0 aliphatic rings. The average molecular weight is 378 g/mol. The number of primary amides is 2. The fourth-order valence-corrected chi connectivity index (χ4v) is 3.38. The molecule has 4 N–H and O–H groups in total. The van der Waals surface area contributed by atoms with Crippen LogP contribution in [-0.2, 0) is 20.9 Å². The van der Waals surface area contributed by atoms with E-state index in [-0.39, 0.29) is 13.1 Å². The number of carbonyl (C=O) groups excluding carboxylic acids is 3. The normalized spacial score (nSPS) is 11.3. The van der Waals surface area contributed by atoms with Gasteiger partial charge in [0.2, 0.25) is 17.7 Å². The van der Waals surface area contributed by atoms with Crippen LogP contribution in [0.3, 0.4) is 0 Å². The van der Waals surface area contributed by atoms with Crippen LogP contribution in [0.5, 0.6) is 0 Å². The summed E-state index contributed by atoms with van der Waals surface area (Å²) in [6.45, 7) is 2.22. The number of amides is 3. The number of nitrogens with zero attached hydrogens (tertiary/aromatic N) is 2. The highest BCUT2D eigenvalue weighted by molar-refractivity contribution is 6.09. The molecule has 3 rings (SSSR count). The monoisotopic (exact) mass is 378 g/mol. The van der Waals surface area contributed by atoms with Crippen LogP contribution in [-0.4, -0.2) is 40.3 Å². The van der Waals surface area contributed by atoms with E-state index < -0.39 is 17.7 Å². The molecule has 0 aliphatic heterocycles. The number of hydrogen-bond donors (Lipinski definition) is 2. The summed E-state index contributed by atoms with van der Waals surface area (Å²) in [6, 6.07) is 14.1. The van der Waals surface area contributed by atoms with Crippen LogP contribution in [0.4, 0.5) is 0 Å². The molecule has 0 saturated heterocycles. The Kier molecular flexibility index (Phi) is 5.44. The molecule has 0 aliphatic carbocycles. The largest absolute Gasteiger partial charge is 0.368 e. The zero-order valence-electron chi connectivity index (χ0n) is 15.6. The van der Waals surface area contributed by atoms with E-state index in [0.717, 1.165) is 38.8 Å². The number of fused-ring (bicyclic) bond motifs is 3. The topological polar surface area (TPSA) is 111 Å². The summed E-state index contributed by atoms with van der Waals surface area (Å²) in [6.07, 6.45) is 2.96. The number of benzene rings is 2. The molecular weight excluding hydrogens is 356 g/mol. The number of hydrogen-bond acceptors (Lipinski definition) is 3. The highest BCUT2D eigenvalue weighted by atomic mass is 16.2. The Morgan fingerprint density at radius 2 is 1.61 bits per heavy atom. The van der Waals surface area contributed by atoms with Crippen molar-refractivity contribution in [2.75, 3.05) is 13.1 Å². The molecule has 1 aromatic heterocycles. The molecular formula is C21H22N4O3. The number of para-hydroxylation sites is 1. The van der Waals surface area contributed by atoms with Gasteiger partial charge in [0, 0.05) is 34.4 Å². The Morgan fingerprint density at radius 1 is 0.964 bits per heavy atom. The summed E-state index contributed by atoms with van der Waals surface area (Å²) in [4.78, 5) is 35.6. The molecule has 28 heavy (non-hydrogen) atoms. The van der Waals surface area contributed by atoms with Gasteiger partial charge in [-0.2, -0.15) is 0 Å². The maximum Gasteiger partial charge on any atom is 0.247 e. The maximum atomic E-state index is 12.3. The Labute approximate surface area is 162 Å². The highest BCUT2D eigenvalue weighted by Gasteiger charge is 2.15. The van der Waals surface area contributed by atoms with E-state index in [1.165, 1.54) is 6.08 Å². The Balaban J connectivity index is 1.93. The van der Waals surface area contributed by atoms with Crippen molar-refractivity contribution < 1.29 is 14.4 Å². The summed E-state index contributed by atoms with van der Waals surface area (Å²) in [5.41, 5.74) is 13.4. The second-order valence-corrected chi connectivity index (χ2v) is 6.50. The number of carbonyl (C=O) groups is 3. The SMILES string of the molecule is CCn1c2ccccc2c2cc(C=CC(=O)N(CC(N)=O)CC(N)=O)ccc21. The molecule has 3 amide bonds. The van der Waals surface area contributed by atoms with Crippen LogP contribution in [0.15, 0.2) is 48.5 Å². The fraction of sp³-hybridized carbons (Fsp3) is 0.190. The van der Waals surface area contributed by atoms with E-state index in [0.29, 0.717) is 0 Å². The van der Waals surface area contributed by atoms with Crippen LogP contribution < -0.4 is 11.5 Å². The second-order valence-electron chi connectivity index (χ2n) is 6.50. The van der Waals surface area contributed by atoms with E-state index in [4.69, 9.17) is 11.5 Å². The molecule has 0 bridgehead atoms. The second kappa shape index (κ2) is 7.96. The molecule has 0 saturated carbocycles. The maximum absolute atomic E-state index is 12.3. The van der Waals surface area contributed by atoms with Crippen LogP contribution in [0.25, 0.3) is 27.9 Å². The first-order chi connectivity index (χ1) is 13.4. The van der Waals surface area contributed by atoms with E-state index in [1.807, 2.05) is 30.3 Å². The summed E-state index contributed by atoms with van der Waals surface area (Å²) in [5.74, 6) is -1.93. The summed E-state index contributed by atoms with van der Waals surface area (Å²) >= 11 is 0. The van der Waals surface area contributed by atoms with Gasteiger partial charge in [-0.15, -0.1) is 0 Å². The zero-order chi connectivity index (χ0) is 20.3. The third kappa shape index (κ3) is 3.88. The van der Waals surface area contributed by atoms with Crippen molar-refractivity contribution in [3.63, 3.8) is 0 Å². The summed E-state index contributed by atoms with van der Waals surface area (Å²) in [7, 11) is 0. The first-order valence-corrected chi connectivity index (χ1v) is 8.95. The molecule has 144 valence electrons. The van der Waals surface area contributed by atoms with E-state index in [1.54, 1.807) is 6.08 Å². The van der Waals surface area contributed by atoms with Crippen LogP contribution in [0.2, 0.25) is 0 Å². The quantitative estimate of drug-likeness (QED) is 0.609. The highest BCUT2D eigenvalue weighted by Crippen LogP contribution is 2.29. The van der Waals surface area contributed by atoms with Crippen LogP contribution in [0.1, 0.15) is 12.5 Å². The lowest BCUT2D eigenvalue weighted by Crippen LogP contribution is -2.42. The van der Waals surface area contributed by atoms with Gasteiger partial charge in [-0.25, -0.2) is 0 Å². The Bertz CT molecular complexity index is 1080. The van der Waals surface area contributed by atoms with Gasteiger partial charge >= 0.3 is 0 Å². The molecule has 7 nitrogen and oxygen atoms in total. The number of nitrogens with two attached hydrogens (primary N) is 2. The number of rotatable bonds is 7. The first-order valence-electron chi connectivity index (χ1n) is 8.95. The van der Waals surface area contributed by atoms with Gasteiger partial charge in [0.25, 0.3) is 0 Å². The van der Waals surface area contributed by atoms with Gasteiger partial charge in [0.05, 0.1) is 0 Å². The van der Waals surface area contributed by atoms with E-state index in [2.05, 4.69) is 23.6 Å². The molecule has 1 heterocycles. The lowest BCUT2D eigenvalue weighted by molar-refractivity contribution is -0.134. The minimum absolute atomic E-state index is 0.366.